The number of rotatable bonds is 4. The van der Waals surface area contributed by atoms with Crippen molar-refractivity contribution >= 4 is 17.7 Å². The largest absolute Gasteiger partial charge is 0.349 e. The first-order valence-corrected chi connectivity index (χ1v) is 6.29. The Morgan fingerprint density at radius 3 is 2.88 bits per heavy atom. The Morgan fingerprint density at radius 2 is 2.25 bits per heavy atom. The van der Waals surface area contributed by atoms with Gasteiger partial charge < -0.3 is 5.32 Å². The van der Waals surface area contributed by atoms with Crippen molar-refractivity contribution in [2.24, 2.45) is 0 Å². The quantitative estimate of drug-likeness (QED) is 0.639. The lowest BCUT2D eigenvalue weighted by Gasteiger charge is -2.12. The summed E-state index contributed by atoms with van der Waals surface area (Å²) in [4.78, 5) is 12.9. The Labute approximate surface area is 101 Å². The van der Waals surface area contributed by atoms with Crippen molar-refractivity contribution in [3.05, 3.63) is 29.8 Å². The summed E-state index contributed by atoms with van der Waals surface area (Å²) in [5.74, 6) is 2.47. The van der Waals surface area contributed by atoms with Gasteiger partial charge >= 0.3 is 0 Å². The Bertz CT molecular complexity index is 409. The number of amides is 1. The summed E-state index contributed by atoms with van der Waals surface area (Å²) in [6.07, 6.45) is 7.70. The molecule has 0 spiro atoms. The van der Waals surface area contributed by atoms with E-state index in [9.17, 15) is 4.79 Å². The van der Waals surface area contributed by atoms with Gasteiger partial charge in [0.15, 0.2) is 0 Å². The molecule has 1 N–H and O–H groups in total. The summed E-state index contributed by atoms with van der Waals surface area (Å²) < 4.78 is 0. The van der Waals surface area contributed by atoms with Crippen LogP contribution in [0.1, 0.15) is 23.7 Å². The number of hydrogen-bond acceptors (Lipinski definition) is 2. The molecule has 0 fully saturated rings. The first-order valence-electron chi connectivity index (χ1n) is 5.06. The predicted molar refractivity (Wildman–Crippen MR) is 68.6 cm³/mol. The first kappa shape index (κ1) is 12.7. The zero-order chi connectivity index (χ0) is 12.0. The summed E-state index contributed by atoms with van der Waals surface area (Å²) in [5.41, 5.74) is 0.707. The van der Waals surface area contributed by atoms with Gasteiger partial charge in [-0.2, -0.15) is 0 Å². The SMILES string of the molecule is C#CCC(C)NC(=O)c1ccccc1SC. The van der Waals surface area contributed by atoms with Crippen LogP contribution in [0.5, 0.6) is 0 Å². The zero-order valence-electron chi connectivity index (χ0n) is 9.49. The van der Waals surface area contributed by atoms with Crippen molar-refractivity contribution in [3.63, 3.8) is 0 Å². The molecule has 0 aliphatic carbocycles. The van der Waals surface area contributed by atoms with Crippen molar-refractivity contribution in [2.75, 3.05) is 6.26 Å². The standard InChI is InChI=1S/C13H15NOS/c1-4-7-10(2)14-13(15)11-8-5-6-9-12(11)16-3/h1,5-6,8-10H,7H2,2-3H3,(H,14,15). The number of benzene rings is 1. The maximum absolute atomic E-state index is 11.9. The van der Waals surface area contributed by atoms with Crippen LogP contribution in [0.3, 0.4) is 0 Å². The summed E-state index contributed by atoms with van der Waals surface area (Å²) in [5, 5.41) is 2.88. The molecule has 0 radical (unpaired) electrons. The van der Waals surface area contributed by atoms with E-state index in [1.807, 2.05) is 37.4 Å². The molecule has 84 valence electrons. The topological polar surface area (TPSA) is 29.1 Å². The highest BCUT2D eigenvalue weighted by Crippen LogP contribution is 2.19. The first-order chi connectivity index (χ1) is 7.69. The van der Waals surface area contributed by atoms with E-state index < -0.39 is 0 Å². The van der Waals surface area contributed by atoms with Crippen LogP contribution in [-0.4, -0.2) is 18.2 Å². The van der Waals surface area contributed by atoms with E-state index in [0.29, 0.717) is 12.0 Å². The van der Waals surface area contributed by atoms with Gasteiger partial charge in [-0.1, -0.05) is 12.1 Å². The zero-order valence-corrected chi connectivity index (χ0v) is 10.3. The van der Waals surface area contributed by atoms with E-state index >= 15 is 0 Å². The van der Waals surface area contributed by atoms with Crippen LogP contribution in [0.15, 0.2) is 29.2 Å². The smallest absolute Gasteiger partial charge is 0.252 e. The molecule has 0 aliphatic rings. The molecule has 0 aliphatic heterocycles. The maximum atomic E-state index is 11.9. The molecule has 3 heteroatoms. The third-order valence-electron chi connectivity index (χ3n) is 2.15. The Morgan fingerprint density at radius 1 is 1.56 bits per heavy atom. The molecule has 1 atom stereocenters. The molecule has 1 rings (SSSR count). The van der Waals surface area contributed by atoms with Crippen molar-refractivity contribution in [2.45, 2.75) is 24.3 Å². The average Bonchev–Trinajstić information content (AvgIpc) is 2.29. The second kappa shape index (κ2) is 6.24. The van der Waals surface area contributed by atoms with Crippen molar-refractivity contribution in [1.29, 1.82) is 0 Å². The monoisotopic (exact) mass is 233 g/mol. The molecule has 16 heavy (non-hydrogen) atoms. The number of thioether (sulfide) groups is 1. The maximum Gasteiger partial charge on any atom is 0.252 e. The second-order valence-corrected chi connectivity index (χ2v) is 4.33. The van der Waals surface area contributed by atoms with Gasteiger partial charge in [0, 0.05) is 17.4 Å². The summed E-state index contributed by atoms with van der Waals surface area (Å²) >= 11 is 1.56. The second-order valence-electron chi connectivity index (χ2n) is 3.48. The molecule has 0 bridgehead atoms. The lowest BCUT2D eigenvalue weighted by atomic mass is 10.2. The van der Waals surface area contributed by atoms with Crippen molar-refractivity contribution in [1.82, 2.24) is 5.32 Å². The average molecular weight is 233 g/mol. The van der Waals surface area contributed by atoms with E-state index in [1.165, 1.54) is 0 Å². The molecule has 2 nitrogen and oxygen atoms in total. The van der Waals surface area contributed by atoms with Crippen LogP contribution < -0.4 is 5.32 Å². The molecule has 1 aromatic carbocycles. The molecule has 1 amide bonds. The van der Waals surface area contributed by atoms with Crippen molar-refractivity contribution in [3.8, 4) is 12.3 Å². The fourth-order valence-corrected chi connectivity index (χ4v) is 1.96. The number of hydrogen-bond donors (Lipinski definition) is 1. The fourth-order valence-electron chi connectivity index (χ4n) is 1.36. The normalized spacial score (nSPS) is 11.6. The highest BCUT2D eigenvalue weighted by atomic mass is 32.2. The van der Waals surface area contributed by atoms with E-state index in [4.69, 9.17) is 6.42 Å². The number of carbonyl (C=O) groups excluding carboxylic acids is 1. The minimum atomic E-state index is -0.0623. The molecule has 0 aromatic heterocycles. The highest BCUT2D eigenvalue weighted by Gasteiger charge is 2.12. The third kappa shape index (κ3) is 3.32. The summed E-state index contributed by atoms with van der Waals surface area (Å²) in [6.45, 7) is 1.90. The Balaban J connectivity index is 2.77. The number of nitrogens with one attached hydrogen (secondary N) is 1. The minimum absolute atomic E-state index is 0.00686. The van der Waals surface area contributed by atoms with Crippen LogP contribution in [0.4, 0.5) is 0 Å². The van der Waals surface area contributed by atoms with E-state index in [1.54, 1.807) is 11.8 Å². The lowest BCUT2D eigenvalue weighted by molar-refractivity contribution is 0.0938. The molecule has 0 saturated heterocycles. The Hall–Kier alpha value is -1.40. The van der Waals surface area contributed by atoms with Gasteiger partial charge in [-0.3, -0.25) is 4.79 Å². The van der Waals surface area contributed by atoms with E-state index in [-0.39, 0.29) is 11.9 Å². The molecular weight excluding hydrogens is 218 g/mol. The van der Waals surface area contributed by atoms with Crippen LogP contribution in [0, 0.1) is 12.3 Å². The summed E-state index contributed by atoms with van der Waals surface area (Å²) in [7, 11) is 0. The number of carbonyl (C=O) groups is 1. The highest BCUT2D eigenvalue weighted by molar-refractivity contribution is 7.98. The molecule has 0 saturated carbocycles. The van der Waals surface area contributed by atoms with Gasteiger partial charge in [0.1, 0.15) is 0 Å². The molecular formula is C13H15NOS. The minimum Gasteiger partial charge on any atom is -0.349 e. The fraction of sp³-hybridized carbons (Fsp3) is 0.308. The Kier molecular flexibility index (Phi) is 4.94. The van der Waals surface area contributed by atoms with Gasteiger partial charge in [-0.25, -0.2) is 0 Å². The van der Waals surface area contributed by atoms with Gasteiger partial charge in [-0.05, 0) is 25.3 Å². The van der Waals surface area contributed by atoms with Crippen LogP contribution in [-0.2, 0) is 0 Å². The van der Waals surface area contributed by atoms with E-state index in [2.05, 4.69) is 11.2 Å². The van der Waals surface area contributed by atoms with Crippen LogP contribution in [0.2, 0.25) is 0 Å². The number of terminal acetylenes is 1. The van der Waals surface area contributed by atoms with Crippen molar-refractivity contribution < 1.29 is 4.79 Å². The van der Waals surface area contributed by atoms with Gasteiger partial charge in [-0.15, -0.1) is 24.1 Å². The van der Waals surface area contributed by atoms with E-state index in [0.717, 1.165) is 4.90 Å². The van der Waals surface area contributed by atoms with Gasteiger partial charge in [0.2, 0.25) is 0 Å². The summed E-state index contributed by atoms with van der Waals surface area (Å²) in [6, 6.07) is 7.55. The molecule has 1 unspecified atom stereocenters. The lowest BCUT2D eigenvalue weighted by Crippen LogP contribution is -2.32. The predicted octanol–water partition coefficient (Wildman–Crippen LogP) is 2.55. The molecule has 1 aromatic rings. The van der Waals surface area contributed by atoms with Crippen LogP contribution in [0.25, 0.3) is 0 Å². The van der Waals surface area contributed by atoms with Gasteiger partial charge in [0.05, 0.1) is 5.56 Å². The van der Waals surface area contributed by atoms with Gasteiger partial charge in [0.25, 0.3) is 5.91 Å². The molecule has 0 heterocycles. The van der Waals surface area contributed by atoms with Crippen LogP contribution >= 0.6 is 11.8 Å². The third-order valence-corrected chi connectivity index (χ3v) is 2.95.